The van der Waals surface area contributed by atoms with Gasteiger partial charge in [0, 0.05) is 0 Å². The topological polar surface area (TPSA) is 155 Å². The van der Waals surface area contributed by atoms with Crippen molar-refractivity contribution in [2.24, 2.45) is 0 Å². The average Bonchev–Trinajstić information content (AvgIpc) is 3.07. The summed E-state index contributed by atoms with van der Waals surface area (Å²) in [5, 5.41) is 17.7. The van der Waals surface area contributed by atoms with E-state index in [4.69, 9.17) is 14.9 Å². The van der Waals surface area contributed by atoms with Gasteiger partial charge in [0.15, 0.2) is 6.61 Å². The van der Waals surface area contributed by atoms with Gasteiger partial charge in [-0.3, -0.25) is 9.59 Å². The second-order valence-electron chi connectivity index (χ2n) is 7.16. The van der Waals surface area contributed by atoms with Crippen molar-refractivity contribution >= 4 is 39.3 Å². The third-order valence-electron chi connectivity index (χ3n) is 5.04. The molecule has 0 saturated carbocycles. The number of aromatic carboxylic acids is 1. The number of imide groups is 1. The summed E-state index contributed by atoms with van der Waals surface area (Å²) in [7, 11) is -4.08. The van der Waals surface area contributed by atoms with Crippen LogP contribution in [0.25, 0.3) is 0 Å². The Morgan fingerprint density at radius 3 is 1.97 bits per heavy atom. The van der Waals surface area contributed by atoms with Crippen molar-refractivity contribution in [3.63, 3.8) is 0 Å². The summed E-state index contributed by atoms with van der Waals surface area (Å²) in [6, 6.07) is 13.8. The molecule has 3 aromatic carbocycles. The van der Waals surface area contributed by atoms with E-state index in [-0.39, 0.29) is 37.9 Å². The Kier molecular flexibility index (Phi) is 5.63. The number of carboxylic acids is 2. The van der Waals surface area contributed by atoms with Gasteiger partial charge in [-0.25, -0.2) is 22.9 Å². The number of ether oxygens (including phenoxy) is 1. The lowest BCUT2D eigenvalue weighted by Crippen LogP contribution is -2.29. The van der Waals surface area contributed by atoms with E-state index in [0.717, 1.165) is 35.2 Å². The molecule has 0 spiro atoms. The summed E-state index contributed by atoms with van der Waals surface area (Å²) in [5.74, 6) is -3.50. The molecule has 1 heterocycles. The zero-order valence-corrected chi connectivity index (χ0v) is 18.0. The normalized spacial score (nSPS) is 13.0. The van der Waals surface area contributed by atoms with Crippen LogP contribution in [0.1, 0.15) is 31.1 Å². The van der Waals surface area contributed by atoms with Crippen molar-refractivity contribution in [1.82, 2.24) is 0 Å². The van der Waals surface area contributed by atoms with Crippen molar-refractivity contribution in [2.75, 3.05) is 11.5 Å². The molecule has 0 aliphatic carbocycles. The first kappa shape index (κ1) is 22.7. The van der Waals surface area contributed by atoms with E-state index >= 15 is 0 Å². The van der Waals surface area contributed by atoms with E-state index in [1.165, 1.54) is 36.4 Å². The van der Waals surface area contributed by atoms with Crippen molar-refractivity contribution in [3.05, 3.63) is 83.4 Å². The minimum atomic E-state index is -4.08. The molecule has 0 fully saturated rings. The van der Waals surface area contributed by atoms with Crippen LogP contribution in [0, 0.1) is 0 Å². The van der Waals surface area contributed by atoms with Crippen LogP contribution in [-0.4, -0.2) is 49.0 Å². The highest BCUT2D eigenvalue weighted by Crippen LogP contribution is 2.32. The van der Waals surface area contributed by atoms with Gasteiger partial charge in [0.1, 0.15) is 5.75 Å². The Balaban J connectivity index is 1.63. The molecule has 0 saturated heterocycles. The van der Waals surface area contributed by atoms with E-state index in [1.54, 1.807) is 0 Å². The first-order valence-corrected chi connectivity index (χ1v) is 11.1. The van der Waals surface area contributed by atoms with Gasteiger partial charge in [0.2, 0.25) is 9.84 Å². The fourth-order valence-corrected chi connectivity index (χ4v) is 4.66. The van der Waals surface area contributed by atoms with E-state index in [9.17, 15) is 27.6 Å². The number of carbonyl (C=O) groups excluding carboxylic acids is 2. The standard InChI is InChI=1S/C23H15NO9S/c25-20(26)12-33-15-5-3-14(4-6-15)24-21(27)18-10-9-17(11-19(18)22(24)28)34(31,32)16-7-1-13(2-8-16)23(29)30/h1-11H,12H2,(H,25,26)(H,29,30). The third kappa shape index (κ3) is 3.99. The minimum absolute atomic E-state index is 0.0244. The van der Waals surface area contributed by atoms with Crippen LogP contribution in [0.15, 0.2) is 76.5 Å². The van der Waals surface area contributed by atoms with Crippen LogP contribution >= 0.6 is 0 Å². The number of fused-ring (bicyclic) bond motifs is 1. The van der Waals surface area contributed by atoms with Gasteiger partial charge in [-0.1, -0.05) is 0 Å². The lowest BCUT2D eigenvalue weighted by atomic mass is 10.1. The predicted molar refractivity (Wildman–Crippen MR) is 116 cm³/mol. The molecule has 0 aromatic heterocycles. The third-order valence-corrected chi connectivity index (χ3v) is 6.80. The first-order chi connectivity index (χ1) is 16.1. The van der Waals surface area contributed by atoms with E-state index in [0.29, 0.717) is 0 Å². The summed E-state index contributed by atoms with van der Waals surface area (Å²) in [5.41, 5.74) is 0.0436. The second kappa shape index (κ2) is 8.45. The Bertz CT molecular complexity index is 1440. The van der Waals surface area contributed by atoms with Crippen molar-refractivity contribution < 1.29 is 42.5 Å². The number of aliphatic carboxylic acids is 1. The van der Waals surface area contributed by atoms with E-state index in [2.05, 4.69) is 0 Å². The zero-order valence-electron chi connectivity index (χ0n) is 17.2. The van der Waals surface area contributed by atoms with Crippen molar-refractivity contribution in [2.45, 2.75) is 9.79 Å². The Labute approximate surface area is 192 Å². The number of hydrogen-bond acceptors (Lipinski definition) is 7. The SMILES string of the molecule is O=C(O)COc1ccc(N2C(=O)c3ccc(S(=O)(=O)c4ccc(C(=O)O)cc4)cc3C2=O)cc1. The maximum absolute atomic E-state index is 13.0. The fourth-order valence-electron chi connectivity index (χ4n) is 3.37. The monoisotopic (exact) mass is 481 g/mol. The number of carbonyl (C=O) groups is 4. The molecular weight excluding hydrogens is 466 g/mol. The smallest absolute Gasteiger partial charge is 0.341 e. The molecule has 10 nitrogen and oxygen atoms in total. The lowest BCUT2D eigenvalue weighted by molar-refractivity contribution is -0.139. The highest BCUT2D eigenvalue weighted by atomic mass is 32.2. The molecule has 11 heteroatoms. The number of hydrogen-bond donors (Lipinski definition) is 2. The van der Waals surface area contributed by atoms with Crippen LogP contribution in [-0.2, 0) is 14.6 Å². The molecule has 0 unspecified atom stereocenters. The molecule has 34 heavy (non-hydrogen) atoms. The predicted octanol–water partition coefficient (Wildman–Crippen LogP) is 2.48. The fraction of sp³-hybridized carbons (Fsp3) is 0.0435. The van der Waals surface area contributed by atoms with Crippen LogP contribution in [0.2, 0.25) is 0 Å². The number of anilines is 1. The van der Waals surface area contributed by atoms with Crippen LogP contribution in [0.3, 0.4) is 0 Å². The van der Waals surface area contributed by atoms with Gasteiger partial charge in [0.25, 0.3) is 11.8 Å². The molecule has 2 N–H and O–H groups in total. The number of benzene rings is 3. The van der Waals surface area contributed by atoms with Crippen molar-refractivity contribution in [1.29, 1.82) is 0 Å². The maximum atomic E-state index is 13.0. The van der Waals surface area contributed by atoms with Gasteiger partial charge >= 0.3 is 11.9 Å². The molecule has 1 aliphatic rings. The summed E-state index contributed by atoms with van der Waals surface area (Å²) in [4.78, 5) is 47.9. The van der Waals surface area contributed by atoms with Crippen LogP contribution in [0.4, 0.5) is 5.69 Å². The van der Waals surface area contributed by atoms with Crippen LogP contribution < -0.4 is 9.64 Å². The molecule has 172 valence electrons. The van der Waals surface area contributed by atoms with Gasteiger partial charge in [-0.05, 0) is 66.7 Å². The summed E-state index contributed by atoms with van der Waals surface area (Å²) in [6.45, 7) is -0.553. The highest BCUT2D eigenvalue weighted by Gasteiger charge is 2.37. The largest absolute Gasteiger partial charge is 0.482 e. The van der Waals surface area contributed by atoms with E-state index < -0.39 is 40.2 Å². The number of amides is 2. The number of carboxylic acid groups (broad SMARTS) is 2. The minimum Gasteiger partial charge on any atom is -0.482 e. The van der Waals surface area contributed by atoms with Gasteiger partial charge in [-0.2, -0.15) is 0 Å². The first-order valence-electron chi connectivity index (χ1n) is 9.65. The van der Waals surface area contributed by atoms with Crippen LogP contribution in [0.5, 0.6) is 5.75 Å². The lowest BCUT2D eigenvalue weighted by Gasteiger charge is -2.14. The summed E-state index contributed by atoms with van der Waals surface area (Å²) >= 11 is 0. The number of rotatable bonds is 7. The quantitative estimate of drug-likeness (QED) is 0.484. The molecule has 0 atom stereocenters. The molecule has 1 aliphatic heterocycles. The Morgan fingerprint density at radius 2 is 1.38 bits per heavy atom. The average molecular weight is 481 g/mol. The Hall–Kier alpha value is -4.51. The number of sulfone groups is 1. The molecular formula is C23H15NO9S. The molecule has 2 amide bonds. The number of nitrogens with zero attached hydrogens (tertiary/aromatic N) is 1. The molecule has 4 rings (SSSR count). The highest BCUT2D eigenvalue weighted by molar-refractivity contribution is 7.91. The molecule has 0 radical (unpaired) electrons. The Morgan fingerprint density at radius 1 is 0.794 bits per heavy atom. The van der Waals surface area contributed by atoms with E-state index in [1.807, 2.05) is 0 Å². The summed E-state index contributed by atoms with van der Waals surface area (Å²) < 4.78 is 31.0. The van der Waals surface area contributed by atoms with Gasteiger partial charge in [-0.15, -0.1) is 0 Å². The molecule has 3 aromatic rings. The van der Waals surface area contributed by atoms with Gasteiger partial charge < -0.3 is 14.9 Å². The molecule has 0 bridgehead atoms. The second-order valence-corrected chi connectivity index (χ2v) is 9.11. The van der Waals surface area contributed by atoms with Gasteiger partial charge in [0.05, 0.1) is 32.2 Å². The van der Waals surface area contributed by atoms with Crippen molar-refractivity contribution in [3.8, 4) is 5.75 Å². The summed E-state index contributed by atoms with van der Waals surface area (Å²) in [6.07, 6.45) is 0. The maximum Gasteiger partial charge on any atom is 0.341 e. The zero-order chi connectivity index (χ0) is 24.6.